The Labute approximate surface area is 205 Å². The highest BCUT2D eigenvalue weighted by atomic mass is 35.5. The first kappa shape index (κ1) is 25.3. The van der Waals surface area contributed by atoms with Crippen LogP contribution in [0.15, 0.2) is 52.1 Å². The van der Waals surface area contributed by atoms with E-state index in [2.05, 4.69) is 5.32 Å². The molecule has 0 aliphatic rings. The topological polar surface area (TPSA) is 99.4 Å². The second kappa shape index (κ2) is 10.3. The first-order chi connectivity index (χ1) is 16.1. The third-order valence-electron chi connectivity index (χ3n) is 5.62. The van der Waals surface area contributed by atoms with E-state index in [0.29, 0.717) is 22.4 Å². The molecule has 2 aromatic carbocycles. The maximum absolute atomic E-state index is 12.8. The van der Waals surface area contributed by atoms with Crippen molar-refractivity contribution in [1.29, 1.82) is 0 Å². The maximum atomic E-state index is 12.8. The number of nitrogens with one attached hydrogen (secondary N) is 1. The van der Waals surface area contributed by atoms with Gasteiger partial charge in [0.1, 0.15) is 6.04 Å². The number of methoxy groups -OCH3 is 1. The number of benzene rings is 2. The van der Waals surface area contributed by atoms with Crippen LogP contribution in [0.1, 0.15) is 21.6 Å². The van der Waals surface area contributed by atoms with Gasteiger partial charge in [-0.05, 0) is 30.2 Å². The predicted octanol–water partition coefficient (Wildman–Crippen LogP) is 2.88. The van der Waals surface area contributed by atoms with Crippen molar-refractivity contribution in [3.05, 3.63) is 90.2 Å². The SMILES string of the molecule is COC(=O)[C@H](Cc1ccc(-c2c(C)n(C)c(=O)n(C)c2=O)cc1)NC(=O)c1c(Cl)cccc1Cl. The Balaban J connectivity index is 1.89. The molecule has 3 rings (SSSR count). The summed E-state index contributed by atoms with van der Waals surface area (Å²) in [7, 11) is 4.26. The molecule has 0 aliphatic heterocycles. The molecule has 1 aromatic heterocycles. The highest BCUT2D eigenvalue weighted by Crippen LogP contribution is 2.24. The molecule has 0 unspecified atom stereocenters. The van der Waals surface area contributed by atoms with Crippen molar-refractivity contribution in [3.63, 3.8) is 0 Å². The molecule has 34 heavy (non-hydrogen) atoms. The van der Waals surface area contributed by atoms with E-state index < -0.39 is 29.2 Å². The summed E-state index contributed by atoms with van der Waals surface area (Å²) in [5, 5.41) is 2.94. The highest BCUT2D eigenvalue weighted by molar-refractivity contribution is 6.39. The zero-order valence-corrected chi connectivity index (χ0v) is 20.5. The van der Waals surface area contributed by atoms with Gasteiger partial charge in [-0.2, -0.15) is 0 Å². The maximum Gasteiger partial charge on any atom is 0.330 e. The Morgan fingerprint density at radius 3 is 2.15 bits per heavy atom. The lowest BCUT2D eigenvalue weighted by molar-refractivity contribution is -0.142. The van der Waals surface area contributed by atoms with Gasteiger partial charge < -0.3 is 14.6 Å². The van der Waals surface area contributed by atoms with Gasteiger partial charge >= 0.3 is 11.7 Å². The molecule has 1 heterocycles. The quantitative estimate of drug-likeness (QED) is 0.521. The van der Waals surface area contributed by atoms with E-state index in [-0.39, 0.29) is 22.0 Å². The minimum Gasteiger partial charge on any atom is -0.467 e. The summed E-state index contributed by atoms with van der Waals surface area (Å²) in [5.74, 6) is -1.24. The molecule has 0 aliphatic carbocycles. The number of carbonyl (C=O) groups excluding carboxylic acids is 2. The van der Waals surface area contributed by atoms with E-state index in [1.54, 1.807) is 44.3 Å². The molecule has 10 heteroatoms. The lowest BCUT2D eigenvalue weighted by Gasteiger charge is -2.18. The molecular weight excluding hydrogens is 481 g/mol. The standard InChI is InChI=1S/C24H23Cl2N3O5/c1-13-19(22(31)29(3)24(33)28(13)2)15-10-8-14(9-11-15)12-18(23(32)34-4)27-21(30)20-16(25)6-5-7-17(20)26/h5-11,18H,12H2,1-4H3,(H,27,30)/t18-/m0/s1. The molecule has 0 bridgehead atoms. The van der Waals surface area contributed by atoms with Crippen LogP contribution in [0.4, 0.5) is 0 Å². The number of hydrogen-bond acceptors (Lipinski definition) is 5. The van der Waals surface area contributed by atoms with Crippen molar-refractivity contribution in [1.82, 2.24) is 14.5 Å². The van der Waals surface area contributed by atoms with E-state index in [9.17, 15) is 19.2 Å². The Hall–Kier alpha value is -3.36. The van der Waals surface area contributed by atoms with Crippen molar-refractivity contribution < 1.29 is 14.3 Å². The summed E-state index contributed by atoms with van der Waals surface area (Å²) in [4.78, 5) is 49.9. The summed E-state index contributed by atoms with van der Waals surface area (Å²) in [5.41, 5.74) is 1.54. The van der Waals surface area contributed by atoms with Crippen molar-refractivity contribution in [3.8, 4) is 11.1 Å². The monoisotopic (exact) mass is 503 g/mol. The summed E-state index contributed by atoms with van der Waals surface area (Å²) in [6, 6.07) is 10.6. The molecule has 0 fully saturated rings. The number of rotatable bonds is 6. The van der Waals surface area contributed by atoms with Crippen molar-refractivity contribution >= 4 is 35.1 Å². The van der Waals surface area contributed by atoms with Gasteiger partial charge in [0.15, 0.2) is 0 Å². The molecule has 0 spiro atoms. The summed E-state index contributed by atoms with van der Waals surface area (Å²) < 4.78 is 7.31. The van der Waals surface area contributed by atoms with E-state index in [4.69, 9.17) is 27.9 Å². The zero-order chi connectivity index (χ0) is 25.2. The van der Waals surface area contributed by atoms with Gasteiger partial charge in [-0.15, -0.1) is 0 Å². The van der Waals surface area contributed by atoms with Crippen LogP contribution in [0.25, 0.3) is 11.1 Å². The van der Waals surface area contributed by atoms with Crippen LogP contribution >= 0.6 is 23.2 Å². The largest absolute Gasteiger partial charge is 0.467 e. The molecule has 1 atom stereocenters. The van der Waals surface area contributed by atoms with Crippen LogP contribution in [0, 0.1) is 6.92 Å². The van der Waals surface area contributed by atoms with E-state index in [1.165, 1.54) is 30.9 Å². The van der Waals surface area contributed by atoms with Gasteiger partial charge in [0.25, 0.3) is 11.5 Å². The Morgan fingerprint density at radius 1 is 1.00 bits per heavy atom. The summed E-state index contributed by atoms with van der Waals surface area (Å²) in [6.07, 6.45) is 0.130. The van der Waals surface area contributed by atoms with Gasteiger partial charge in [-0.25, -0.2) is 9.59 Å². The lowest BCUT2D eigenvalue weighted by atomic mass is 10.00. The fourth-order valence-electron chi connectivity index (χ4n) is 3.60. The molecule has 0 radical (unpaired) electrons. The number of hydrogen-bond donors (Lipinski definition) is 1. The highest BCUT2D eigenvalue weighted by Gasteiger charge is 2.25. The molecule has 1 N–H and O–H groups in total. The van der Waals surface area contributed by atoms with Gasteiger partial charge in [0, 0.05) is 26.2 Å². The molecular formula is C24H23Cl2N3O5. The van der Waals surface area contributed by atoms with Crippen LogP contribution < -0.4 is 16.6 Å². The minimum absolute atomic E-state index is 0.0658. The van der Waals surface area contributed by atoms with Crippen LogP contribution in [-0.2, 0) is 30.0 Å². The molecule has 0 saturated heterocycles. The smallest absolute Gasteiger partial charge is 0.330 e. The van der Waals surface area contributed by atoms with Gasteiger partial charge in [-0.3, -0.25) is 14.2 Å². The number of nitrogens with zero attached hydrogens (tertiary/aromatic N) is 2. The third kappa shape index (κ3) is 4.93. The average Bonchev–Trinajstić information content (AvgIpc) is 2.81. The molecule has 3 aromatic rings. The van der Waals surface area contributed by atoms with Crippen LogP contribution in [0.2, 0.25) is 10.0 Å². The fraction of sp³-hybridized carbons (Fsp3) is 0.250. The minimum atomic E-state index is -0.997. The first-order valence-electron chi connectivity index (χ1n) is 10.3. The van der Waals surface area contributed by atoms with Crippen molar-refractivity contribution in [2.24, 2.45) is 14.1 Å². The zero-order valence-electron chi connectivity index (χ0n) is 19.0. The second-order valence-corrected chi connectivity index (χ2v) is 8.53. The number of halogens is 2. The van der Waals surface area contributed by atoms with Gasteiger partial charge in [0.05, 0.1) is 28.3 Å². The lowest BCUT2D eigenvalue weighted by Crippen LogP contribution is -2.43. The normalized spacial score (nSPS) is 11.7. The van der Waals surface area contributed by atoms with Crippen molar-refractivity contribution in [2.75, 3.05) is 7.11 Å². The molecule has 1 amide bonds. The Bertz CT molecular complexity index is 1360. The number of esters is 1. The van der Waals surface area contributed by atoms with E-state index in [1.807, 2.05) is 0 Å². The molecule has 8 nitrogen and oxygen atoms in total. The number of aromatic nitrogens is 2. The Morgan fingerprint density at radius 2 is 1.59 bits per heavy atom. The van der Waals surface area contributed by atoms with Gasteiger partial charge in [0.2, 0.25) is 0 Å². The average molecular weight is 504 g/mol. The summed E-state index contributed by atoms with van der Waals surface area (Å²) in [6.45, 7) is 1.70. The number of amides is 1. The van der Waals surface area contributed by atoms with Crippen LogP contribution in [-0.4, -0.2) is 34.2 Å². The van der Waals surface area contributed by atoms with E-state index >= 15 is 0 Å². The number of ether oxygens (including phenoxy) is 1. The fourth-order valence-corrected chi connectivity index (χ4v) is 4.17. The van der Waals surface area contributed by atoms with Gasteiger partial charge in [-0.1, -0.05) is 53.5 Å². The van der Waals surface area contributed by atoms with Crippen LogP contribution in [0.5, 0.6) is 0 Å². The van der Waals surface area contributed by atoms with E-state index in [0.717, 1.165) is 4.57 Å². The summed E-state index contributed by atoms with van der Waals surface area (Å²) >= 11 is 12.2. The molecule has 0 saturated carbocycles. The van der Waals surface area contributed by atoms with Crippen molar-refractivity contribution in [2.45, 2.75) is 19.4 Å². The molecule has 178 valence electrons. The first-order valence-corrected chi connectivity index (χ1v) is 11.0. The Kier molecular flexibility index (Phi) is 7.64. The second-order valence-electron chi connectivity index (χ2n) is 7.71. The predicted molar refractivity (Wildman–Crippen MR) is 131 cm³/mol. The van der Waals surface area contributed by atoms with Crippen LogP contribution in [0.3, 0.4) is 0 Å². The number of carbonyl (C=O) groups is 2. The third-order valence-corrected chi connectivity index (χ3v) is 6.25.